The van der Waals surface area contributed by atoms with Crippen LogP contribution in [0.1, 0.15) is 27.2 Å². The third kappa shape index (κ3) is 4.21. The van der Waals surface area contributed by atoms with Crippen LogP contribution in [0, 0.1) is 0 Å². The predicted molar refractivity (Wildman–Crippen MR) is 107 cm³/mol. The van der Waals surface area contributed by atoms with Crippen molar-refractivity contribution in [1.29, 1.82) is 0 Å². The maximum Gasteiger partial charge on any atom is 0.150 e. The molecule has 0 atom stereocenters. The molecule has 0 saturated heterocycles. The number of fused-ring (bicyclic) bond motifs is 1. The fourth-order valence-electron chi connectivity index (χ4n) is 3.06. The predicted octanol–water partition coefficient (Wildman–Crippen LogP) is 5.22. The highest BCUT2D eigenvalue weighted by Crippen LogP contribution is 2.18. The first-order valence-electron chi connectivity index (χ1n) is 8.91. The summed E-state index contributed by atoms with van der Waals surface area (Å²) >= 11 is 0. The SMILES string of the molecule is O=Cc1cccc(Cc2ccc(OCc3ccc4ccccc4n3)cc2)c1. The number of carbonyl (C=O) groups excluding carboxylic acids is 1. The van der Waals surface area contributed by atoms with Crippen LogP contribution < -0.4 is 4.74 Å². The molecule has 3 heteroatoms. The summed E-state index contributed by atoms with van der Waals surface area (Å²) in [5, 5.41) is 1.13. The molecule has 0 fully saturated rings. The molecule has 0 aliphatic carbocycles. The average Bonchev–Trinajstić information content (AvgIpc) is 2.73. The Morgan fingerprint density at radius 3 is 2.52 bits per heavy atom. The van der Waals surface area contributed by atoms with Gasteiger partial charge in [0.2, 0.25) is 0 Å². The molecule has 4 aromatic rings. The second-order valence-electron chi connectivity index (χ2n) is 6.47. The molecule has 0 amide bonds. The van der Waals surface area contributed by atoms with Gasteiger partial charge in [-0.15, -0.1) is 0 Å². The minimum absolute atomic E-state index is 0.436. The van der Waals surface area contributed by atoms with Crippen molar-refractivity contribution in [2.75, 3.05) is 0 Å². The first-order valence-corrected chi connectivity index (χ1v) is 8.91. The normalized spacial score (nSPS) is 10.7. The van der Waals surface area contributed by atoms with Gasteiger partial charge in [-0.3, -0.25) is 4.79 Å². The van der Waals surface area contributed by atoms with Crippen molar-refractivity contribution >= 4 is 17.2 Å². The zero-order valence-corrected chi connectivity index (χ0v) is 14.8. The Labute approximate surface area is 158 Å². The van der Waals surface area contributed by atoms with Crippen molar-refractivity contribution in [3.63, 3.8) is 0 Å². The molecule has 3 nitrogen and oxygen atoms in total. The van der Waals surface area contributed by atoms with E-state index in [0.717, 1.165) is 40.6 Å². The number of carbonyl (C=O) groups is 1. The molecule has 0 spiro atoms. The first-order chi connectivity index (χ1) is 13.3. The van der Waals surface area contributed by atoms with Crippen LogP contribution in [0.15, 0.2) is 84.9 Å². The maximum absolute atomic E-state index is 10.9. The number of para-hydroxylation sites is 1. The molecule has 0 saturated carbocycles. The molecule has 0 aliphatic rings. The molecule has 0 bridgehead atoms. The number of aldehydes is 1. The third-order valence-electron chi connectivity index (χ3n) is 4.46. The number of hydrogen-bond acceptors (Lipinski definition) is 3. The Balaban J connectivity index is 1.40. The largest absolute Gasteiger partial charge is 0.487 e. The standard InChI is InChI=1S/C24H19NO2/c26-16-20-5-3-4-19(15-20)14-18-8-12-23(13-9-18)27-17-22-11-10-21-6-1-2-7-24(21)25-22/h1-13,15-16H,14,17H2. The van der Waals surface area contributed by atoms with Crippen LogP contribution in [-0.2, 0) is 13.0 Å². The summed E-state index contributed by atoms with van der Waals surface area (Å²) in [4.78, 5) is 15.5. The van der Waals surface area contributed by atoms with E-state index in [-0.39, 0.29) is 0 Å². The number of nitrogens with zero attached hydrogens (tertiary/aromatic N) is 1. The number of pyridine rings is 1. The average molecular weight is 353 g/mol. The molecule has 0 unspecified atom stereocenters. The van der Waals surface area contributed by atoms with E-state index in [2.05, 4.69) is 29.2 Å². The minimum atomic E-state index is 0.436. The van der Waals surface area contributed by atoms with Gasteiger partial charge in [-0.05, 0) is 47.9 Å². The molecular weight excluding hydrogens is 334 g/mol. The van der Waals surface area contributed by atoms with Gasteiger partial charge in [-0.2, -0.15) is 0 Å². The Bertz CT molecular complexity index is 1070. The summed E-state index contributed by atoms with van der Waals surface area (Å²) in [5.74, 6) is 0.815. The second-order valence-corrected chi connectivity index (χ2v) is 6.47. The van der Waals surface area contributed by atoms with Crippen molar-refractivity contribution in [3.05, 3.63) is 107 Å². The highest BCUT2D eigenvalue weighted by molar-refractivity contribution is 5.78. The Morgan fingerprint density at radius 2 is 1.67 bits per heavy atom. The van der Waals surface area contributed by atoms with Crippen LogP contribution in [-0.4, -0.2) is 11.3 Å². The van der Waals surface area contributed by atoms with E-state index in [1.165, 1.54) is 5.56 Å². The van der Waals surface area contributed by atoms with Crippen LogP contribution in [0.4, 0.5) is 0 Å². The van der Waals surface area contributed by atoms with Gasteiger partial charge in [0.1, 0.15) is 18.6 Å². The van der Waals surface area contributed by atoms with Crippen LogP contribution in [0.25, 0.3) is 10.9 Å². The molecule has 1 aromatic heterocycles. The van der Waals surface area contributed by atoms with Gasteiger partial charge in [0.05, 0.1) is 11.2 Å². The Kier molecular flexibility index (Phi) is 4.93. The van der Waals surface area contributed by atoms with E-state index in [4.69, 9.17) is 4.74 Å². The van der Waals surface area contributed by atoms with Gasteiger partial charge in [-0.1, -0.05) is 54.6 Å². The number of aromatic nitrogens is 1. The van der Waals surface area contributed by atoms with Gasteiger partial charge < -0.3 is 4.74 Å². The van der Waals surface area contributed by atoms with Gasteiger partial charge in [0.25, 0.3) is 0 Å². The summed E-state index contributed by atoms with van der Waals surface area (Å²) in [6, 6.07) is 27.8. The molecule has 1 heterocycles. The van der Waals surface area contributed by atoms with Crippen molar-refractivity contribution < 1.29 is 9.53 Å². The lowest BCUT2D eigenvalue weighted by molar-refractivity contribution is 0.112. The summed E-state index contributed by atoms with van der Waals surface area (Å²) in [7, 11) is 0. The molecule has 27 heavy (non-hydrogen) atoms. The number of ether oxygens (including phenoxy) is 1. The molecule has 0 N–H and O–H groups in total. The van der Waals surface area contributed by atoms with Crippen LogP contribution in [0.2, 0.25) is 0 Å². The summed E-state index contributed by atoms with van der Waals surface area (Å²) in [6.07, 6.45) is 1.66. The maximum atomic E-state index is 10.9. The van der Waals surface area contributed by atoms with E-state index < -0.39 is 0 Å². The van der Waals surface area contributed by atoms with Crippen molar-refractivity contribution in [2.45, 2.75) is 13.0 Å². The van der Waals surface area contributed by atoms with Gasteiger partial charge in [-0.25, -0.2) is 4.98 Å². The summed E-state index contributed by atoms with van der Waals surface area (Å²) in [5.41, 5.74) is 4.88. The fraction of sp³-hybridized carbons (Fsp3) is 0.0833. The lowest BCUT2D eigenvalue weighted by Crippen LogP contribution is -1.98. The summed E-state index contributed by atoms with van der Waals surface area (Å²) < 4.78 is 5.87. The highest BCUT2D eigenvalue weighted by atomic mass is 16.5. The molecule has 0 aliphatic heterocycles. The number of hydrogen-bond donors (Lipinski definition) is 0. The van der Waals surface area contributed by atoms with E-state index in [9.17, 15) is 4.79 Å². The molecule has 132 valence electrons. The lowest BCUT2D eigenvalue weighted by atomic mass is 10.0. The number of rotatable bonds is 6. The van der Waals surface area contributed by atoms with Gasteiger partial charge >= 0.3 is 0 Å². The van der Waals surface area contributed by atoms with Crippen LogP contribution in [0.5, 0.6) is 5.75 Å². The van der Waals surface area contributed by atoms with Gasteiger partial charge in [0, 0.05) is 10.9 Å². The Morgan fingerprint density at radius 1 is 0.815 bits per heavy atom. The lowest BCUT2D eigenvalue weighted by Gasteiger charge is -2.08. The van der Waals surface area contributed by atoms with E-state index in [1.54, 1.807) is 0 Å². The molecule has 0 radical (unpaired) electrons. The van der Waals surface area contributed by atoms with Crippen molar-refractivity contribution in [3.8, 4) is 5.75 Å². The molecule has 3 aromatic carbocycles. The van der Waals surface area contributed by atoms with Crippen molar-refractivity contribution in [1.82, 2.24) is 4.98 Å². The fourth-order valence-corrected chi connectivity index (χ4v) is 3.06. The smallest absolute Gasteiger partial charge is 0.150 e. The van der Waals surface area contributed by atoms with Crippen molar-refractivity contribution in [2.24, 2.45) is 0 Å². The minimum Gasteiger partial charge on any atom is -0.487 e. The third-order valence-corrected chi connectivity index (χ3v) is 4.46. The van der Waals surface area contributed by atoms with Crippen LogP contribution >= 0.6 is 0 Å². The van der Waals surface area contributed by atoms with E-state index in [0.29, 0.717) is 12.2 Å². The second kappa shape index (κ2) is 7.83. The first kappa shape index (κ1) is 17.0. The van der Waals surface area contributed by atoms with E-state index in [1.807, 2.05) is 60.7 Å². The molecule has 4 rings (SSSR count). The topological polar surface area (TPSA) is 39.2 Å². The molecular formula is C24H19NO2. The summed E-state index contributed by atoms with van der Waals surface area (Å²) in [6.45, 7) is 0.436. The highest BCUT2D eigenvalue weighted by Gasteiger charge is 2.02. The monoisotopic (exact) mass is 353 g/mol. The zero-order chi connectivity index (χ0) is 18.5. The number of benzene rings is 3. The Hall–Kier alpha value is -3.46. The van der Waals surface area contributed by atoms with Gasteiger partial charge in [0.15, 0.2) is 0 Å². The van der Waals surface area contributed by atoms with Crippen LogP contribution in [0.3, 0.4) is 0 Å². The zero-order valence-electron chi connectivity index (χ0n) is 14.8. The quantitative estimate of drug-likeness (QED) is 0.446. The van der Waals surface area contributed by atoms with E-state index >= 15 is 0 Å².